The lowest BCUT2D eigenvalue weighted by atomic mass is 10.1. The molecule has 0 radical (unpaired) electrons. The van der Waals surface area contributed by atoms with E-state index >= 15 is 0 Å². The number of hydrogen-bond acceptors (Lipinski definition) is 5. The fourth-order valence-corrected chi connectivity index (χ4v) is 5.19. The fourth-order valence-electron chi connectivity index (χ4n) is 3.58. The topological polar surface area (TPSA) is 81.6 Å². The first-order valence-corrected chi connectivity index (χ1v) is 9.73. The Morgan fingerprint density at radius 2 is 2.24 bits per heavy atom. The van der Waals surface area contributed by atoms with Gasteiger partial charge >= 0.3 is 0 Å². The summed E-state index contributed by atoms with van der Waals surface area (Å²) in [4.78, 5) is 8.78. The molecular weight excluding hydrogens is 402 g/mol. The third-order valence-electron chi connectivity index (χ3n) is 4.76. The van der Waals surface area contributed by atoms with Crippen LogP contribution in [0.3, 0.4) is 0 Å². The van der Waals surface area contributed by atoms with Gasteiger partial charge in [-0.3, -0.25) is 4.99 Å². The molecule has 2 aromatic rings. The van der Waals surface area contributed by atoms with Crippen LogP contribution in [0, 0.1) is 0 Å². The van der Waals surface area contributed by atoms with Crippen molar-refractivity contribution in [2.24, 2.45) is 4.99 Å². The lowest BCUT2D eigenvalue weighted by Gasteiger charge is -2.14. The highest BCUT2D eigenvalue weighted by Gasteiger charge is 2.27. The zero-order chi connectivity index (χ0) is 17.1. The van der Waals surface area contributed by atoms with Gasteiger partial charge in [0.2, 0.25) is 5.75 Å². The second kappa shape index (κ2) is 5.51. The highest BCUT2D eigenvalue weighted by atomic mass is 79.9. The summed E-state index contributed by atoms with van der Waals surface area (Å²) >= 11 is 4.92. The van der Waals surface area contributed by atoms with E-state index in [1.165, 1.54) is 5.57 Å². The van der Waals surface area contributed by atoms with Gasteiger partial charge in [0.25, 0.3) is 5.69 Å². The number of halogens is 1. The van der Waals surface area contributed by atoms with E-state index in [1.54, 1.807) is 17.8 Å². The molecule has 0 spiro atoms. The number of rotatable bonds is 2. The van der Waals surface area contributed by atoms with E-state index in [2.05, 4.69) is 31.2 Å². The molecule has 1 atom stereocenters. The molecule has 2 aromatic carbocycles. The van der Waals surface area contributed by atoms with Gasteiger partial charge in [0.05, 0.1) is 21.6 Å². The van der Waals surface area contributed by atoms with Crippen molar-refractivity contribution in [1.82, 2.24) is 0 Å². The molecule has 5 nitrogen and oxygen atoms in total. The normalized spacial score (nSPS) is 19.6. The first kappa shape index (κ1) is 15.3. The van der Waals surface area contributed by atoms with Crippen LogP contribution in [0.25, 0.3) is 5.57 Å². The fraction of sp³-hybridized carbons (Fsp3) is 0.222. The Kier molecular flexibility index (Phi) is 3.36. The van der Waals surface area contributed by atoms with Crippen LogP contribution in [0.5, 0.6) is 11.5 Å². The van der Waals surface area contributed by atoms with Gasteiger partial charge in [-0.05, 0) is 24.1 Å². The lowest BCUT2D eigenvalue weighted by molar-refractivity contribution is -0.345. The van der Waals surface area contributed by atoms with Gasteiger partial charge in [-0.25, -0.2) is 4.99 Å². The van der Waals surface area contributed by atoms with Gasteiger partial charge in [0, 0.05) is 27.9 Å². The molecule has 0 aromatic heterocycles. The van der Waals surface area contributed by atoms with Crippen LogP contribution in [0.1, 0.15) is 12.0 Å². The molecule has 3 heterocycles. The van der Waals surface area contributed by atoms with Crippen molar-refractivity contribution in [3.8, 4) is 11.5 Å². The molecule has 3 aliphatic rings. The Labute approximate surface area is 156 Å². The molecule has 5 rings (SSSR count). The average molecular weight is 416 g/mol. The molecular formula is C18H14BrN3O2S. The van der Waals surface area contributed by atoms with Crippen molar-refractivity contribution in [1.29, 1.82) is 0 Å². The number of hydrogen-bond donors (Lipinski definition) is 3. The summed E-state index contributed by atoms with van der Waals surface area (Å²) in [7, 11) is 0. The Bertz CT molecular complexity index is 1050. The standard InChI is InChI=1S/C18H14BrN3O2S/c19-10-3-9-4-15(25-14(9)6-13(10)23)22-12-5-11-16-8(1-2-20-11)7-21-17(16)18(12)24/h3,5-7,15,22-24H,1-2,4H2. The number of thioether (sulfide) groups is 1. The maximum absolute atomic E-state index is 11.8. The van der Waals surface area contributed by atoms with Crippen LogP contribution in [-0.2, 0) is 6.42 Å². The molecule has 0 saturated heterocycles. The monoisotopic (exact) mass is 415 g/mol. The van der Waals surface area contributed by atoms with Crippen molar-refractivity contribution in [3.63, 3.8) is 0 Å². The zero-order valence-electron chi connectivity index (χ0n) is 13.1. The predicted molar refractivity (Wildman–Crippen MR) is 99.0 cm³/mol. The molecule has 0 amide bonds. The van der Waals surface area contributed by atoms with Gasteiger partial charge in [-0.2, -0.15) is 0 Å². The second-order valence-corrected chi connectivity index (χ2v) is 8.43. The Morgan fingerprint density at radius 1 is 1.36 bits per heavy atom. The maximum Gasteiger partial charge on any atom is 0.257 e. The SMILES string of the molecule is [O-]c1cc2c(cc1Br)CC(Nc1cc3c4c(c1O)[NH+]=CC=4CCN=3)S2. The summed E-state index contributed by atoms with van der Waals surface area (Å²) in [6, 6.07) is 5.49. The van der Waals surface area contributed by atoms with Crippen LogP contribution in [0.2, 0.25) is 0 Å². The smallest absolute Gasteiger partial charge is 0.257 e. The number of aromatic hydroxyl groups is 1. The number of fused-ring (bicyclic) bond motifs is 1. The quantitative estimate of drug-likeness (QED) is 0.615. The molecule has 0 fully saturated rings. The summed E-state index contributed by atoms with van der Waals surface area (Å²) in [6.45, 7) is 0.772. The molecule has 25 heavy (non-hydrogen) atoms. The zero-order valence-corrected chi connectivity index (χ0v) is 15.5. The molecule has 126 valence electrons. The van der Waals surface area contributed by atoms with Crippen LogP contribution >= 0.6 is 27.7 Å². The first-order valence-electron chi connectivity index (χ1n) is 8.06. The summed E-state index contributed by atoms with van der Waals surface area (Å²) in [5.74, 6) is 0.225. The number of phenols is 1. The molecule has 0 saturated carbocycles. The van der Waals surface area contributed by atoms with Gasteiger partial charge < -0.3 is 15.5 Å². The number of nitrogens with one attached hydrogen (secondary N) is 2. The number of phenolic OH excluding ortho intramolecular Hbond substituents is 1. The highest BCUT2D eigenvalue weighted by molar-refractivity contribution is 9.10. The molecule has 1 unspecified atom stereocenters. The predicted octanol–water partition coefficient (Wildman–Crippen LogP) is 0.285. The van der Waals surface area contributed by atoms with Crippen LogP contribution in [0.15, 0.2) is 32.6 Å². The third kappa shape index (κ3) is 2.37. The number of benzene rings is 2. The lowest BCUT2D eigenvalue weighted by Crippen LogP contribution is -2.61. The van der Waals surface area contributed by atoms with Crippen LogP contribution in [0.4, 0.5) is 11.4 Å². The summed E-state index contributed by atoms with van der Waals surface area (Å²) in [6.07, 6.45) is 3.65. The van der Waals surface area contributed by atoms with E-state index in [4.69, 9.17) is 0 Å². The van der Waals surface area contributed by atoms with E-state index in [1.807, 2.05) is 18.3 Å². The van der Waals surface area contributed by atoms with Crippen molar-refractivity contribution in [2.45, 2.75) is 23.1 Å². The minimum Gasteiger partial charge on any atom is -0.872 e. The first-order chi connectivity index (χ1) is 12.1. The van der Waals surface area contributed by atoms with Crippen molar-refractivity contribution in [3.05, 3.63) is 38.8 Å². The minimum absolute atomic E-state index is 0.00157. The highest BCUT2D eigenvalue weighted by Crippen LogP contribution is 2.42. The average Bonchev–Trinajstić information content (AvgIpc) is 3.18. The van der Waals surface area contributed by atoms with Gasteiger partial charge in [-0.15, -0.1) is 11.8 Å². The van der Waals surface area contributed by atoms with Gasteiger partial charge in [0.1, 0.15) is 0 Å². The van der Waals surface area contributed by atoms with E-state index in [0.29, 0.717) is 10.2 Å². The molecule has 0 bridgehead atoms. The van der Waals surface area contributed by atoms with E-state index in [0.717, 1.165) is 46.1 Å². The van der Waals surface area contributed by atoms with E-state index in [-0.39, 0.29) is 16.9 Å². The van der Waals surface area contributed by atoms with Gasteiger partial charge in [0.15, 0.2) is 6.21 Å². The summed E-state index contributed by atoms with van der Waals surface area (Å²) in [5.41, 5.74) is 3.76. The Balaban J connectivity index is 1.50. The van der Waals surface area contributed by atoms with Crippen LogP contribution in [-0.4, -0.2) is 23.2 Å². The Morgan fingerprint density at radius 3 is 3.12 bits per heavy atom. The number of anilines is 1. The maximum atomic E-state index is 11.8. The minimum atomic E-state index is -0.00157. The molecule has 0 aliphatic carbocycles. The molecule has 7 heteroatoms. The summed E-state index contributed by atoms with van der Waals surface area (Å²) in [5, 5.41) is 27.9. The largest absolute Gasteiger partial charge is 0.872 e. The molecule has 3 N–H and O–H groups in total. The van der Waals surface area contributed by atoms with E-state index in [9.17, 15) is 10.2 Å². The van der Waals surface area contributed by atoms with Crippen molar-refractivity contribution in [2.75, 3.05) is 11.9 Å². The van der Waals surface area contributed by atoms with E-state index < -0.39 is 0 Å². The summed E-state index contributed by atoms with van der Waals surface area (Å²) < 4.78 is 0.596. The van der Waals surface area contributed by atoms with Crippen LogP contribution < -0.4 is 26.0 Å². The van der Waals surface area contributed by atoms with Gasteiger partial charge in [-0.1, -0.05) is 27.7 Å². The molecule has 3 aliphatic heterocycles. The van der Waals surface area contributed by atoms with Crippen molar-refractivity contribution >= 4 is 50.9 Å². The van der Waals surface area contributed by atoms with Crippen molar-refractivity contribution < 1.29 is 15.2 Å². The third-order valence-corrected chi connectivity index (χ3v) is 6.58. The Hall–Kier alpha value is -1.99. The number of nitrogens with zero attached hydrogens (tertiary/aromatic N) is 1. The second-order valence-electron chi connectivity index (χ2n) is 6.33.